The first kappa shape index (κ1) is 22.4. The largest absolute Gasteiger partial charge is 0.480 e. The third-order valence-corrected chi connectivity index (χ3v) is 7.59. The Hall–Kier alpha value is -3.35. The van der Waals surface area contributed by atoms with Crippen molar-refractivity contribution in [3.8, 4) is 11.1 Å². The molecule has 0 radical (unpaired) electrons. The van der Waals surface area contributed by atoms with Gasteiger partial charge in [-0.2, -0.15) is 0 Å². The molecule has 3 aliphatic rings. The summed E-state index contributed by atoms with van der Waals surface area (Å²) in [6.45, 7) is 2.76. The summed E-state index contributed by atoms with van der Waals surface area (Å²) in [7, 11) is 0. The lowest BCUT2D eigenvalue weighted by Crippen LogP contribution is -2.56. The highest BCUT2D eigenvalue weighted by atomic mass is 16.5. The van der Waals surface area contributed by atoms with E-state index in [1.54, 1.807) is 0 Å². The minimum absolute atomic E-state index is 0.00307. The number of carbonyl (C=O) groups excluding carboxylic acids is 2. The number of carbonyl (C=O) groups is 3. The van der Waals surface area contributed by atoms with Gasteiger partial charge in [-0.15, -0.1) is 0 Å². The highest BCUT2D eigenvalue weighted by molar-refractivity contribution is 5.86. The number of likely N-dealkylation sites (tertiary alicyclic amines) is 1. The van der Waals surface area contributed by atoms with Crippen LogP contribution in [0.5, 0.6) is 0 Å². The summed E-state index contributed by atoms with van der Waals surface area (Å²) in [5.41, 5.74) is 4.68. The van der Waals surface area contributed by atoms with E-state index in [1.807, 2.05) is 31.2 Å². The van der Waals surface area contributed by atoms with Gasteiger partial charge in [-0.25, -0.2) is 9.59 Å². The summed E-state index contributed by atoms with van der Waals surface area (Å²) in [6, 6.07) is 15.5. The number of carboxylic acid groups (broad SMARTS) is 1. The van der Waals surface area contributed by atoms with Gasteiger partial charge >= 0.3 is 12.1 Å². The van der Waals surface area contributed by atoms with Crippen molar-refractivity contribution in [2.45, 2.75) is 50.6 Å². The molecule has 7 heteroatoms. The monoisotopic (exact) mass is 462 g/mol. The number of amides is 2. The zero-order valence-electron chi connectivity index (χ0n) is 19.3. The molecule has 1 heterocycles. The molecular weight excluding hydrogens is 432 g/mol. The highest BCUT2D eigenvalue weighted by Crippen LogP contribution is 2.44. The molecule has 2 aromatic carbocycles. The Morgan fingerprint density at radius 2 is 1.62 bits per heavy atom. The van der Waals surface area contributed by atoms with Gasteiger partial charge in [0.15, 0.2) is 0 Å². The van der Waals surface area contributed by atoms with Crippen LogP contribution in [0.2, 0.25) is 0 Å². The molecule has 2 amide bonds. The number of carboxylic acids is 1. The lowest BCUT2D eigenvalue weighted by atomic mass is 9.78. The molecular formula is C27H30N2O5. The third kappa shape index (κ3) is 4.15. The first-order valence-corrected chi connectivity index (χ1v) is 12.1. The summed E-state index contributed by atoms with van der Waals surface area (Å²) < 4.78 is 5.60. The number of ether oxygens (including phenoxy) is 1. The van der Waals surface area contributed by atoms with Gasteiger partial charge in [0.25, 0.3) is 0 Å². The molecule has 2 N–H and O–H groups in total. The molecule has 0 aromatic heterocycles. The molecule has 34 heavy (non-hydrogen) atoms. The Kier molecular flexibility index (Phi) is 6.02. The summed E-state index contributed by atoms with van der Waals surface area (Å²) in [6.07, 6.45) is 1.87. The van der Waals surface area contributed by atoms with E-state index in [0.29, 0.717) is 31.7 Å². The van der Waals surface area contributed by atoms with Crippen LogP contribution in [-0.4, -0.2) is 53.2 Å². The molecule has 2 fully saturated rings. The SMILES string of the molecule is CC1CCN(C(=O)C2CC(NC(=O)OCC3c4ccccc4-c4ccccc43)C2)C(C(=O)O)C1. The van der Waals surface area contributed by atoms with Crippen molar-refractivity contribution in [2.75, 3.05) is 13.2 Å². The molecule has 2 unspecified atom stereocenters. The van der Waals surface area contributed by atoms with Crippen LogP contribution >= 0.6 is 0 Å². The standard InChI is InChI=1S/C27H30N2O5/c1-16-10-11-29(24(12-16)26(31)32)25(30)17-13-18(14-17)28-27(33)34-15-23-21-8-4-2-6-19(21)20-7-3-5-9-22(20)23/h2-9,16-18,23-24H,10-15H2,1H3,(H,28,33)(H,31,32). The second-order valence-electron chi connectivity index (χ2n) is 9.85. The Labute approximate surface area is 199 Å². The lowest BCUT2D eigenvalue weighted by Gasteiger charge is -2.42. The molecule has 1 saturated heterocycles. The second-order valence-corrected chi connectivity index (χ2v) is 9.85. The van der Waals surface area contributed by atoms with Crippen LogP contribution in [0.15, 0.2) is 48.5 Å². The molecule has 178 valence electrons. The molecule has 0 spiro atoms. The molecule has 7 nitrogen and oxygen atoms in total. The Morgan fingerprint density at radius 3 is 2.24 bits per heavy atom. The van der Waals surface area contributed by atoms with Crippen molar-refractivity contribution in [1.29, 1.82) is 0 Å². The van der Waals surface area contributed by atoms with Crippen LogP contribution in [-0.2, 0) is 14.3 Å². The van der Waals surface area contributed by atoms with Crippen LogP contribution in [0.3, 0.4) is 0 Å². The number of nitrogens with one attached hydrogen (secondary N) is 1. The first-order valence-electron chi connectivity index (χ1n) is 12.1. The quantitative estimate of drug-likeness (QED) is 0.700. The summed E-state index contributed by atoms with van der Waals surface area (Å²) in [5, 5.41) is 12.4. The van der Waals surface area contributed by atoms with Crippen molar-refractivity contribution in [1.82, 2.24) is 10.2 Å². The minimum Gasteiger partial charge on any atom is -0.480 e. The number of fused-ring (bicyclic) bond motifs is 3. The van der Waals surface area contributed by atoms with Crippen molar-refractivity contribution < 1.29 is 24.2 Å². The van der Waals surface area contributed by atoms with Crippen LogP contribution in [0.1, 0.15) is 49.7 Å². The van der Waals surface area contributed by atoms with Gasteiger partial charge in [0.1, 0.15) is 12.6 Å². The van der Waals surface area contributed by atoms with E-state index in [1.165, 1.54) is 16.0 Å². The van der Waals surface area contributed by atoms with Gasteiger partial charge in [0.05, 0.1) is 0 Å². The van der Waals surface area contributed by atoms with Crippen LogP contribution < -0.4 is 5.32 Å². The topological polar surface area (TPSA) is 95.9 Å². The van der Waals surface area contributed by atoms with E-state index in [-0.39, 0.29) is 30.4 Å². The number of aliphatic carboxylic acids is 1. The third-order valence-electron chi connectivity index (χ3n) is 7.59. The molecule has 2 atom stereocenters. The predicted molar refractivity (Wildman–Crippen MR) is 126 cm³/mol. The van der Waals surface area contributed by atoms with Crippen molar-refractivity contribution >= 4 is 18.0 Å². The van der Waals surface area contributed by atoms with Crippen molar-refractivity contribution in [3.05, 3.63) is 59.7 Å². The van der Waals surface area contributed by atoms with Crippen molar-refractivity contribution in [3.63, 3.8) is 0 Å². The fraction of sp³-hybridized carbons (Fsp3) is 0.444. The number of alkyl carbamates (subject to hydrolysis) is 1. The molecule has 2 aromatic rings. The first-order chi connectivity index (χ1) is 16.4. The van der Waals surface area contributed by atoms with E-state index in [9.17, 15) is 19.5 Å². The maximum atomic E-state index is 12.9. The number of piperidine rings is 1. The van der Waals surface area contributed by atoms with Gasteiger partial charge in [-0.3, -0.25) is 4.79 Å². The molecule has 5 rings (SSSR count). The Morgan fingerprint density at radius 1 is 1.00 bits per heavy atom. The smallest absolute Gasteiger partial charge is 0.407 e. The number of nitrogens with zero attached hydrogens (tertiary/aromatic N) is 1. The maximum Gasteiger partial charge on any atom is 0.407 e. The van der Waals surface area contributed by atoms with E-state index in [4.69, 9.17) is 4.74 Å². The summed E-state index contributed by atoms with van der Waals surface area (Å²) in [4.78, 5) is 38.5. The Bertz CT molecular complexity index is 1060. The van der Waals surface area contributed by atoms with E-state index >= 15 is 0 Å². The maximum absolute atomic E-state index is 12.9. The molecule has 1 saturated carbocycles. The average Bonchev–Trinajstić information content (AvgIpc) is 3.13. The normalized spacial score (nSPS) is 25.6. The molecule has 2 aliphatic carbocycles. The van der Waals surface area contributed by atoms with E-state index in [2.05, 4.69) is 29.6 Å². The molecule has 0 bridgehead atoms. The number of rotatable bonds is 5. The number of hydrogen-bond acceptors (Lipinski definition) is 4. The van der Waals surface area contributed by atoms with Gasteiger partial charge in [-0.1, -0.05) is 55.5 Å². The summed E-state index contributed by atoms with van der Waals surface area (Å²) >= 11 is 0. The van der Waals surface area contributed by atoms with Crippen LogP contribution in [0.25, 0.3) is 11.1 Å². The average molecular weight is 463 g/mol. The van der Waals surface area contributed by atoms with Crippen LogP contribution in [0.4, 0.5) is 4.79 Å². The number of hydrogen-bond donors (Lipinski definition) is 2. The fourth-order valence-electron chi connectivity index (χ4n) is 5.62. The Balaban J connectivity index is 1.13. The fourth-order valence-corrected chi connectivity index (χ4v) is 5.62. The predicted octanol–water partition coefficient (Wildman–Crippen LogP) is 4.02. The van der Waals surface area contributed by atoms with E-state index in [0.717, 1.165) is 17.5 Å². The van der Waals surface area contributed by atoms with Gasteiger partial charge in [0, 0.05) is 24.4 Å². The zero-order chi connectivity index (χ0) is 23.8. The second kappa shape index (κ2) is 9.12. The lowest BCUT2D eigenvalue weighted by molar-refractivity contribution is -0.156. The van der Waals surface area contributed by atoms with Gasteiger partial charge in [-0.05, 0) is 53.9 Å². The minimum atomic E-state index is -0.937. The highest BCUT2D eigenvalue weighted by Gasteiger charge is 2.43. The number of benzene rings is 2. The van der Waals surface area contributed by atoms with Crippen molar-refractivity contribution in [2.24, 2.45) is 11.8 Å². The van der Waals surface area contributed by atoms with E-state index < -0.39 is 18.1 Å². The van der Waals surface area contributed by atoms with Gasteiger partial charge < -0.3 is 20.1 Å². The van der Waals surface area contributed by atoms with Crippen LogP contribution in [0, 0.1) is 11.8 Å². The van der Waals surface area contributed by atoms with Gasteiger partial charge in [0.2, 0.25) is 5.91 Å². The zero-order valence-corrected chi connectivity index (χ0v) is 19.3. The summed E-state index contributed by atoms with van der Waals surface area (Å²) in [5.74, 6) is -0.982. The molecule has 1 aliphatic heterocycles.